The zero-order valence-electron chi connectivity index (χ0n) is 13.4. The van der Waals surface area contributed by atoms with E-state index in [0.29, 0.717) is 24.3 Å². The monoisotopic (exact) mass is 306 g/mol. The first kappa shape index (κ1) is 16.5. The Morgan fingerprint density at radius 2 is 1.91 bits per heavy atom. The average molecular weight is 306 g/mol. The SMILES string of the molecule is CCNC(=O)c1cccc(NC(=O)C[NH+]2CC[NH+](C)CC2)c1. The third-order valence-corrected chi connectivity index (χ3v) is 3.97. The number of hydrogen-bond acceptors (Lipinski definition) is 2. The lowest BCUT2D eigenvalue weighted by molar-refractivity contribution is -0.999. The summed E-state index contributed by atoms with van der Waals surface area (Å²) in [6, 6.07) is 7.05. The Morgan fingerprint density at radius 3 is 2.59 bits per heavy atom. The van der Waals surface area contributed by atoms with Crippen LogP contribution >= 0.6 is 0 Å². The van der Waals surface area contributed by atoms with E-state index in [1.165, 1.54) is 9.80 Å². The van der Waals surface area contributed by atoms with E-state index in [4.69, 9.17) is 0 Å². The van der Waals surface area contributed by atoms with Crippen molar-refractivity contribution < 1.29 is 19.4 Å². The smallest absolute Gasteiger partial charge is 0.279 e. The Bertz CT molecular complexity index is 525. The van der Waals surface area contributed by atoms with Gasteiger partial charge in [-0.15, -0.1) is 0 Å². The van der Waals surface area contributed by atoms with E-state index in [-0.39, 0.29) is 11.8 Å². The Hall–Kier alpha value is -1.92. The highest BCUT2D eigenvalue weighted by molar-refractivity contribution is 5.97. The van der Waals surface area contributed by atoms with Crippen molar-refractivity contribution >= 4 is 17.5 Å². The van der Waals surface area contributed by atoms with Gasteiger partial charge in [0.1, 0.15) is 26.2 Å². The zero-order valence-corrected chi connectivity index (χ0v) is 13.4. The molecule has 0 saturated carbocycles. The van der Waals surface area contributed by atoms with Crippen molar-refractivity contribution in [1.29, 1.82) is 0 Å². The molecule has 0 radical (unpaired) electrons. The highest BCUT2D eigenvalue weighted by atomic mass is 16.2. The molecule has 0 aromatic heterocycles. The summed E-state index contributed by atoms with van der Waals surface area (Å²) in [5.74, 6) is -0.117. The summed E-state index contributed by atoms with van der Waals surface area (Å²) in [6.07, 6.45) is 0. The molecule has 0 unspecified atom stereocenters. The van der Waals surface area contributed by atoms with Crippen LogP contribution in [0.2, 0.25) is 0 Å². The maximum atomic E-state index is 12.1. The molecular weight excluding hydrogens is 280 g/mol. The lowest BCUT2D eigenvalue weighted by atomic mass is 10.2. The quantitative estimate of drug-likeness (QED) is 0.498. The van der Waals surface area contributed by atoms with E-state index in [9.17, 15) is 9.59 Å². The van der Waals surface area contributed by atoms with Gasteiger partial charge in [0.2, 0.25) is 0 Å². The molecular formula is C16H26N4O2+2. The molecule has 22 heavy (non-hydrogen) atoms. The summed E-state index contributed by atoms with van der Waals surface area (Å²) >= 11 is 0. The van der Waals surface area contributed by atoms with Crippen molar-refractivity contribution in [3.05, 3.63) is 29.8 Å². The second kappa shape index (κ2) is 7.91. The minimum atomic E-state index is -0.119. The van der Waals surface area contributed by atoms with Gasteiger partial charge in [0.05, 0.1) is 7.05 Å². The Balaban J connectivity index is 1.88. The lowest BCUT2D eigenvalue weighted by Crippen LogP contribution is -3.27. The number of nitrogens with one attached hydrogen (secondary N) is 4. The van der Waals surface area contributed by atoms with E-state index in [1.807, 2.05) is 13.0 Å². The van der Waals surface area contributed by atoms with E-state index >= 15 is 0 Å². The number of anilines is 1. The van der Waals surface area contributed by atoms with Gasteiger partial charge in [-0.05, 0) is 25.1 Å². The van der Waals surface area contributed by atoms with Gasteiger partial charge in [-0.1, -0.05) is 6.07 Å². The average Bonchev–Trinajstić information content (AvgIpc) is 2.50. The molecule has 1 aliphatic heterocycles. The number of hydrogen-bond donors (Lipinski definition) is 4. The number of rotatable bonds is 5. The second-order valence-corrected chi connectivity index (χ2v) is 5.87. The van der Waals surface area contributed by atoms with Gasteiger partial charge in [0.25, 0.3) is 11.8 Å². The number of piperazine rings is 1. The van der Waals surface area contributed by atoms with Crippen LogP contribution in [0.15, 0.2) is 24.3 Å². The first-order valence-electron chi connectivity index (χ1n) is 7.91. The summed E-state index contributed by atoms with van der Waals surface area (Å²) in [5.41, 5.74) is 1.24. The van der Waals surface area contributed by atoms with Crippen molar-refractivity contribution in [2.45, 2.75) is 6.92 Å². The van der Waals surface area contributed by atoms with Gasteiger partial charge >= 0.3 is 0 Å². The van der Waals surface area contributed by atoms with Gasteiger partial charge in [-0.3, -0.25) is 9.59 Å². The van der Waals surface area contributed by atoms with Gasteiger partial charge in [0.15, 0.2) is 6.54 Å². The summed E-state index contributed by atoms with van der Waals surface area (Å²) in [7, 11) is 2.18. The van der Waals surface area contributed by atoms with E-state index in [0.717, 1.165) is 26.2 Å². The van der Waals surface area contributed by atoms with Crippen molar-refractivity contribution in [3.63, 3.8) is 0 Å². The first-order chi connectivity index (χ1) is 10.6. The molecule has 1 aliphatic rings. The van der Waals surface area contributed by atoms with Gasteiger partial charge in [-0.25, -0.2) is 0 Å². The fraction of sp³-hybridized carbons (Fsp3) is 0.500. The van der Waals surface area contributed by atoms with Crippen LogP contribution in [0.5, 0.6) is 0 Å². The standard InChI is InChI=1S/C16H24N4O2/c1-3-17-16(22)13-5-4-6-14(11-13)18-15(21)12-20-9-7-19(2)8-10-20/h4-6,11H,3,7-10,12H2,1-2H3,(H,17,22)(H,18,21)/p+2. The molecule has 0 bridgehead atoms. The molecule has 4 N–H and O–H groups in total. The molecule has 2 amide bonds. The van der Waals surface area contributed by atoms with Gasteiger partial charge in [-0.2, -0.15) is 0 Å². The van der Waals surface area contributed by atoms with Crippen molar-refractivity contribution in [3.8, 4) is 0 Å². The van der Waals surface area contributed by atoms with Crippen LogP contribution in [-0.2, 0) is 4.79 Å². The summed E-state index contributed by atoms with van der Waals surface area (Å²) in [5, 5.41) is 5.65. The van der Waals surface area contributed by atoms with Gasteiger partial charge < -0.3 is 20.4 Å². The molecule has 2 rings (SSSR count). The number of likely N-dealkylation sites (N-methyl/N-ethyl adjacent to an activating group) is 1. The number of quaternary nitrogens is 2. The Labute approximate surface area is 131 Å². The molecule has 1 aromatic rings. The molecule has 0 atom stereocenters. The van der Waals surface area contributed by atoms with E-state index in [2.05, 4.69) is 17.7 Å². The maximum Gasteiger partial charge on any atom is 0.279 e. The highest BCUT2D eigenvalue weighted by Crippen LogP contribution is 2.10. The van der Waals surface area contributed by atoms with Crippen LogP contribution in [-0.4, -0.2) is 58.1 Å². The number of carbonyl (C=O) groups is 2. The highest BCUT2D eigenvalue weighted by Gasteiger charge is 2.22. The number of benzene rings is 1. The molecule has 6 nitrogen and oxygen atoms in total. The second-order valence-electron chi connectivity index (χ2n) is 5.87. The van der Waals surface area contributed by atoms with Crippen LogP contribution in [0.25, 0.3) is 0 Å². The van der Waals surface area contributed by atoms with E-state index < -0.39 is 0 Å². The fourth-order valence-corrected chi connectivity index (χ4v) is 2.64. The third-order valence-electron chi connectivity index (χ3n) is 3.97. The predicted octanol–water partition coefficient (Wildman–Crippen LogP) is -2.21. The lowest BCUT2D eigenvalue weighted by Gasteiger charge is -2.26. The van der Waals surface area contributed by atoms with E-state index in [1.54, 1.807) is 18.2 Å². The molecule has 1 heterocycles. The Morgan fingerprint density at radius 1 is 1.18 bits per heavy atom. The minimum absolute atomic E-state index is 0.00241. The van der Waals surface area contributed by atoms with Crippen molar-refractivity contribution in [2.24, 2.45) is 0 Å². The molecule has 6 heteroatoms. The van der Waals surface area contributed by atoms with Crippen LogP contribution in [0.4, 0.5) is 5.69 Å². The van der Waals surface area contributed by atoms with Crippen LogP contribution < -0.4 is 20.4 Å². The molecule has 0 aliphatic carbocycles. The maximum absolute atomic E-state index is 12.1. The first-order valence-corrected chi connectivity index (χ1v) is 7.91. The molecule has 120 valence electrons. The molecule has 1 fully saturated rings. The van der Waals surface area contributed by atoms with Crippen LogP contribution in [0, 0.1) is 0 Å². The van der Waals surface area contributed by atoms with Gasteiger partial charge in [0, 0.05) is 17.8 Å². The van der Waals surface area contributed by atoms with Crippen LogP contribution in [0.3, 0.4) is 0 Å². The third kappa shape index (κ3) is 4.82. The largest absolute Gasteiger partial charge is 0.352 e. The Kier molecular flexibility index (Phi) is 5.91. The van der Waals surface area contributed by atoms with Crippen molar-refractivity contribution in [2.75, 3.05) is 51.6 Å². The summed E-state index contributed by atoms with van der Waals surface area (Å²) in [4.78, 5) is 26.8. The molecule has 0 spiro atoms. The normalized spacial score (nSPS) is 21.2. The predicted molar refractivity (Wildman–Crippen MR) is 85.3 cm³/mol. The minimum Gasteiger partial charge on any atom is -0.352 e. The topological polar surface area (TPSA) is 67.1 Å². The van der Waals surface area contributed by atoms with Crippen LogP contribution in [0.1, 0.15) is 17.3 Å². The number of carbonyl (C=O) groups excluding carboxylic acids is 2. The number of amides is 2. The summed E-state index contributed by atoms with van der Waals surface area (Å²) < 4.78 is 0. The fourth-order valence-electron chi connectivity index (χ4n) is 2.64. The summed E-state index contributed by atoms with van der Waals surface area (Å²) in [6.45, 7) is 7.22. The molecule has 1 aromatic carbocycles. The molecule has 1 saturated heterocycles. The van der Waals surface area contributed by atoms with Crippen molar-refractivity contribution in [1.82, 2.24) is 5.32 Å². The zero-order chi connectivity index (χ0) is 15.9.